The number of aliphatic carboxylic acids is 1. The Morgan fingerprint density at radius 3 is 2.71 bits per heavy atom. The van der Waals surface area contributed by atoms with Crippen molar-refractivity contribution in [1.29, 1.82) is 0 Å². The van der Waals surface area contributed by atoms with Crippen LogP contribution in [0.1, 0.15) is 12.5 Å². The van der Waals surface area contributed by atoms with Gasteiger partial charge in [-0.15, -0.1) is 0 Å². The third kappa shape index (κ3) is 5.99. The maximum Gasteiger partial charge on any atom is 0.341 e. The van der Waals surface area contributed by atoms with Crippen molar-refractivity contribution >= 4 is 47.0 Å². The average molecular weight is 465 g/mol. The number of carboxylic acid groups (broad SMARTS) is 1. The standard InChI is InChI=1S/C21H21ClN2O6S/c1-3-29-17-8-12(4-6-16(17)30-11-19(25)26)9-18-20(27)24-21(31-18)23-14-10-13(22)5-7-15(14)28-2/h4-10,21,23H,3,11H2,1-2H3,(H,24,27)(H,25,26)/b18-9-. The number of halogens is 1. The highest BCUT2D eigenvalue weighted by Gasteiger charge is 2.28. The van der Waals surface area contributed by atoms with Crippen molar-refractivity contribution in [2.75, 3.05) is 25.6 Å². The quantitative estimate of drug-likeness (QED) is 0.481. The van der Waals surface area contributed by atoms with Crippen molar-refractivity contribution in [2.45, 2.75) is 12.4 Å². The van der Waals surface area contributed by atoms with Crippen molar-refractivity contribution in [3.05, 3.63) is 51.9 Å². The molecule has 1 aliphatic rings. The van der Waals surface area contributed by atoms with Gasteiger partial charge in [-0.1, -0.05) is 29.4 Å². The van der Waals surface area contributed by atoms with Crippen LogP contribution in [0.2, 0.25) is 5.02 Å². The molecule has 3 rings (SSSR count). The summed E-state index contributed by atoms with van der Waals surface area (Å²) in [5, 5.41) is 15.4. The molecule has 31 heavy (non-hydrogen) atoms. The summed E-state index contributed by atoms with van der Waals surface area (Å²) in [6.45, 7) is 1.72. The number of thioether (sulfide) groups is 1. The van der Waals surface area contributed by atoms with Crippen LogP contribution in [0.4, 0.5) is 5.69 Å². The second-order valence-corrected chi connectivity index (χ2v) is 7.87. The van der Waals surface area contributed by atoms with Crippen molar-refractivity contribution in [1.82, 2.24) is 5.32 Å². The summed E-state index contributed by atoms with van der Waals surface area (Å²) in [4.78, 5) is 23.7. The van der Waals surface area contributed by atoms with Crippen molar-refractivity contribution in [2.24, 2.45) is 0 Å². The number of nitrogens with one attached hydrogen (secondary N) is 2. The Bertz CT molecular complexity index is 1010. The molecule has 1 heterocycles. The minimum absolute atomic E-state index is 0.229. The summed E-state index contributed by atoms with van der Waals surface area (Å²) < 4.78 is 16.1. The summed E-state index contributed by atoms with van der Waals surface area (Å²) in [6, 6.07) is 10.2. The number of anilines is 1. The zero-order chi connectivity index (χ0) is 22.4. The zero-order valence-electron chi connectivity index (χ0n) is 16.8. The van der Waals surface area contributed by atoms with Crippen LogP contribution in [0.25, 0.3) is 6.08 Å². The highest BCUT2D eigenvalue weighted by atomic mass is 35.5. The van der Waals surface area contributed by atoms with Crippen molar-refractivity contribution in [3.8, 4) is 17.2 Å². The first-order chi connectivity index (χ1) is 14.9. The average Bonchev–Trinajstić information content (AvgIpc) is 3.06. The van der Waals surface area contributed by atoms with Crippen molar-refractivity contribution in [3.63, 3.8) is 0 Å². The summed E-state index contributed by atoms with van der Waals surface area (Å²) >= 11 is 7.37. The van der Waals surface area contributed by atoms with E-state index in [9.17, 15) is 9.59 Å². The number of carbonyl (C=O) groups is 2. The normalized spacial score (nSPS) is 16.7. The highest BCUT2D eigenvalue weighted by Crippen LogP contribution is 2.35. The molecule has 2 aromatic rings. The molecule has 2 aromatic carbocycles. The van der Waals surface area contributed by atoms with Gasteiger partial charge in [0.25, 0.3) is 5.91 Å². The SMILES string of the molecule is CCOc1cc(/C=C2\SC(Nc3cc(Cl)ccc3OC)NC2=O)ccc1OCC(=O)O. The number of rotatable bonds is 9. The van der Waals surface area contributed by atoms with Gasteiger partial charge in [-0.25, -0.2) is 4.79 Å². The van der Waals surface area contributed by atoms with Crippen molar-refractivity contribution < 1.29 is 28.9 Å². The summed E-state index contributed by atoms with van der Waals surface area (Å²) in [5.74, 6) is 0.0209. The van der Waals surface area contributed by atoms with Gasteiger partial charge in [0.1, 0.15) is 5.75 Å². The van der Waals surface area contributed by atoms with Gasteiger partial charge in [-0.2, -0.15) is 0 Å². The van der Waals surface area contributed by atoms with Gasteiger partial charge in [0.2, 0.25) is 0 Å². The van der Waals surface area contributed by atoms with Gasteiger partial charge in [0.15, 0.2) is 23.6 Å². The monoisotopic (exact) mass is 464 g/mol. The summed E-state index contributed by atoms with van der Waals surface area (Å²) in [5.41, 5.74) is 0.966. The second kappa shape index (κ2) is 10.3. The molecule has 0 radical (unpaired) electrons. The predicted molar refractivity (Wildman–Crippen MR) is 120 cm³/mol. The molecule has 1 atom stereocenters. The van der Waals surface area contributed by atoms with E-state index in [4.69, 9.17) is 30.9 Å². The topological polar surface area (TPSA) is 106 Å². The fourth-order valence-electron chi connectivity index (χ4n) is 2.79. The number of hydrogen-bond donors (Lipinski definition) is 3. The number of amides is 1. The van der Waals surface area contributed by atoms with Crippen LogP contribution >= 0.6 is 23.4 Å². The Morgan fingerprint density at radius 2 is 2.00 bits per heavy atom. The molecular formula is C21H21ClN2O6S. The number of carboxylic acids is 1. The van der Waals surface area contributed by atoms with Crippen LogP contribution in [0.5, 0.6) is 17.2 Å². The van der Waals surface area contributed by atoms with E-state index in [0.29, 0.717) is 45.0 Å². The Hall–Kier alpha value is -3.04. The van der Waals surface area contributed by atoms with Crippen LogP contribution in [-0.4, -0.2) is 42.8 Å². The number of ether oxygens (including phenoxy) is 3. The van der Waals surface area contributed by atoms with E-state index >= 15 is 0 Å². The van der Waals surface area contributed by atoms with Crippen LogP contribution in [0.15, 0.2) is 41.3 Å². The van der Waals surface area contributed by atoms with Crippen LogP contribution in [0, 0.1) is 0 Å². The van der Waals surface area contributed by atoms with E-state index in [0.717, 1.165) is 0 Å². The number of hydrogen-bond acceptors (Lipinski definition) is 7. The molecule has 8 nitrogen and oxygen atoms in total. The minimum Gasteiger partial charge on any atom is -0.495 e. The third-order valence-electron chi connectivity index (χ3n) is 4.10. The molecule has 0 saturated carbocycles. The number of benzene rings is 2. The van der Waals surface area contributed by atoms with E-state index in [1.807, 2.05) is 6.92 Å². The van der Waals surface area contributed by atoms with E-state index in [1.165, 1.54) is 11.8 Å². The maximum absolute atomic E-state index is 12.4. The van der Waals surface area contributed by atoms with Gasteiger partial charge in [0, 0.05) is 5.02 Å². The minimum atomic E-state index is -1.08. The van der Waals surface area contributed by atoms with Gasteiger partial charge in [-0.3, -0.25) is 4.79 Å². The Kier molecular flexibility index (Phi) is 7.54. The lowest BCUT2D eigenvalue weighted by molar-refractivity contribution is -0.139. The molecule has 1 saturated heterocycles. The molecule has 1 amide bonds. The highest BCUT2D eigenvalue weighted by molar-refractivity contribution is 8.05. The van der Waals surface area contributed by atoms with Crippen LogP contribution < -0.4 is 24.8 Å². The van der Waals surface area contributed by atoms with E-state index in [2.05, 4.69) is 10.6 Å². The lowest BCUT2D eigenvalue weighted by Gasteiger charge is -2.15. The first-order valence-electron chi connectivity index (χ1n) is 9.30. The zero-order valence-corrected chi connectivity index (χ0v) is 18.4. The van der Waals surface area contributed by atoms with E-state index in [1.54, 1.807) is 49.6 Å². The molecule has 1 fully saturated rings. The molecule has 164 valence electrons. The van der Waals surface area contributed by atoms with Gasteiger partial charge >= 0.3 is 5.97 Å². The number of carbonyl (C=O) groups excluding carboxylic acids is 1. The molecule has 3 N–H and O–H groups in total. The lowest BCUT2D eigenvalue weighted by atomic mass is 10.2. The second-order valence-electron chi connectivity index (χ2n) is 6.29. The summed E-state index contributed by atoms with van der Waals surface area (Å²) in [6.07, 6.45) is 1.72. The smallest absolute Gasteiger partial charge is 0.341 e. The molecular weight excluding hydrogens is 444 g/mol. The number of methoxy groups -OCH3 is 1. The third-order valence-corrected chi connectivity index (χ3v) is 5.36. The molecule has 10 heteroatoms. The van der Waals surface area contributed by atoms with Gasteiger partial charge in [0.05, 0.1) is 24.3 Å². The van der Waals surface area contributed by atoms with Crippen LogP contribution in [-0.2, 0) is 9.59 Å². The first-order valence-corrected chi connectivity index (χ1v) is 10.6. The fourth-order valence-corrected chi connectivity index (χ4v) is 3.94. The Labute approximate surface area is 188 Å². The fraction of sp³-hybridized carbons (Fsp3) is 0.238. The largest absolute Gasteiger partial charge is 0.495 e. The van der Waals surface area contributed by atoms with E-state index < -0.39 is 18.1 Å². The maximum atomic E-state index is 12.4. The Morgan fingerprint density at radius 1 is 1.23 bits per heavy atom. The predicted octanol–water partition coefficient (Wildman–Crippen LogP) is 3.81. The molecule has 1 unspecified atom stereocenters. The molecule has 0 aromatic heterocycles. The molecule has 0 bridgehead atoms. The molecule has 0 aliphatic carbocycles. The van der Waals surface area contributed by atoms with E-state index in [-0.39, 0.29) is 5.91 Å². The van der Waals surface area contributed by atoms with Crippen LogP contribution in [0.3, 0.4) is 0 Å². The Balaban J connectivity index is 1.76. The molecule has 0 spiro atoms. The van der Waals surface area contributed by atoms with Gasteiger partial charge in [-0.05, 0) is 48.9 Å². The lowest BCUT2D eigenvalue weighted by Crippen LogP contribution is -2.31. The van der Waals surface area contributed by atoms with Gasteiger partial charge < -0.3 is 30.0 Å². The first kappa shape index (κ1) is 22.6. The summed E-state index contributed by atoms with van der Waals surface area (Å²) in [7, 11) is 1.56. The molecule has 1 aliphatic heterocycles.